The van der Waals surface area contributed by atoms with Gasteiger partial charge in [-0.1, -0.05) is 127 Å². The molecule has 2 heteroatoms. The van der Waals surface area contributed by atoms with E-state index in [0.29, 0.717) is 0 Å². The fourth-order valence-electron chi connectivity index (χ4n) is 10.9. The first-order valence-corrected chi connectivity index (χ1v) is 22.2. The van der Waals surface area contributed by atoms with E-state index in [1.54, 1.807) is 0 Å². The number of nitrogens with zero attached hydrogens (tertiary/aromatic N) is 2. The zero-order valence-electron chi connectivity index (χ0n) is 34.1. The smallest absolute Gasteiger partial charge is 0.0443 e. The normalized spacial score (nSPS) is 16.7. The standard InChI is InChI=1S/C58H48N2/c1-3-15-45-35-47(27-23-39(45)11-1)41-21-25-44(26-22-41)57-51-31-29-50(60-34-10-18-43-14-6-8-20-56(43)60)38-54(51)58(48-28-24-40-12-2-4-16-46(40)36-48)52-32-30-49(37-53(52)57)59-33-9-17-42-13-5-7-19-55(42)59/h1-6,8,11-16,20-21,23-25,27-32,35-38H,7,9-10,17-19,22,26,33-34H2. The van der Waals surface area contributed by atoms with Gasteiger partial charge in [0.1, 0.15) is 0 Å². The van der Waals surface area contributed by atoms with Crippen molar-refractivity contribution in [1.29, 1.82) is 0 Å². The molecule has 8 aromatic rings. The molecule has 0 saturated heterocycles. The molecule has 0 N–H and O–H groups in total. The van der Waals surface area contributed by atoms with E-state index >= 15 is 0 Å². The fraction of sp³-hybridized carbons (Fsp3) is 0.172. The van der Waals surface area contributed by atoms with Crippen LogP contribution in [0.5, 0.6) is 0 Å². The molecule has 290 valence electrons. The highest BCUT2D eigenvalue weighted by Crippen LogP contribution is 2.48. The molecule has 60 heavy (non-hydrogen) atoms. The summed E-state index contributed by atoms with van der Waals surface area (Å²) in [5.74, 6) is 0. The number of anilines is 3. The second-order valence-corrected chi connectivity index (χ2v) is 17.3. The Hall–Kier alpha value is -6.64. The van der Waals surface area contributed by atoms with Gasteiger partial charge in [0.2, 0.25) is 0 Å². The Morgan fingerprint density at radius 3 is 1.82 bits per heavy atom. The largest absolute Gasteiger partial charge is 0.345 e. The summed E-state index contributed by atoms with van der Waals surface area (Å²) in [6, 6.07) is 55.4. The van der Waals surface area contributed by atoms with E-state index in [1.807, 2.05) is 0 Å². The number of benzene rings is 8. The molecule has 2 aliphatic heterocycles. The summed E-state index contributed by atoms with van der Waals surface area (Å²) in [7, 11) is 0. The van der Waals surface area contributed by atoms with Crippen molar-refractivity contribution in [2.24, 2.45) is 0 Å². The van der Waals surface area contributed by atoms with Crippen molar-refractivity contribution < 1.29 is 0 Å². The molecule has 2 aliphatic carbocycles. The van der Waals surface area contributed by atoms with E-state index in [1.165, 1.54) is 123 Å². The summed E-state index contributed by atoms with van der Waals surface area (Å²) in [4.78, 5) is 5.21. The molecule has 8 aromatic carbocycles. The maximum absolute atomic E-state index is 2.65. The van der Waals surface area contributed by atoms with E-state index in [-0.39, 0.29) is 0 Å². The molecular formula is C58H48N2. The van der Waals surface area contributed by atoms with Gasteiger partial charge in [0.05, 0.1) is 0 Å². The minimum absolute atomic E-state index is 0.994. The number of hydrogen-bond acceptors (Lipinski definition) is 2. The minimum atomic E-state index is 0.994. The number of aryl methyl sites for hydroxylation is 1. The lowest BCUT2D eigenvalue weighted by Gasteiger charge is -2.35. The highest BCUT2D eigenvalue weighted by Gasteiger charge is 2.26. The van der Waals surface area contributed by atoms with Gasteiger partial charge in [-0.05, 0) is 181 Å². The summed E-state index contributed by atoms with van der Waals surface area (Å²) >= 11 is 0. The maximum Gasteiger partial charge on any atom is 0.0443 e. The van der Waals surface area contributed by atoms with Crippen LogP contribution in [0, 0.1) is 0 Å². The van der Waals surface area contributed by atoms with Crippen LogP contribution in [0.4, 0.5) is 17.1 Å². The van der Waals surface area contributed by atoms with Crippen molar-refractivity contribution in [2.75, 3.05) is 22.9 Å². The fourth-order valence-corrected chi connectivity index (χ4v) is 10.9. The number of para-hydroxylation sites is 1. The van der Waals surface area contributed by atoms with Crippen LogP contribution in [0.3, 0.4) is 0 Å². The van der Waals surface area contributed by atoms with Crippen molar-refractivity contribution in [2.45, 2.75) is 51.4 Å². The summed E-state index contributed by atoms with van der Waals surface area (Å²) in [6.07, 6.45) is 18.5. The molecule has 0 atom stereocenters. The van der Waals surface area contributed by atoms with Crippen molar-refractivity contribution in [3.63, 3.8) is 0 Å². The van der Waals surface area contributed by atoms with E-state index in [9.17, 15) is 0 Å². The maximum atomic E-state index is 2.65. The highest BCUT2D eigenvalue weighted by atomic mass is 15.2. The van der Waals surface area contributed by atoms with Crippen molar-refractivity contribution in [3.05, 3.63) is 198 Å². The van der Waals surface area contributed by atoms with Crippen LogP contribution in [0.2, 0.25) is 0 Å². The molecular weight excluding hydrogens is 725 g/mol. The first-order chi connectivity index (χ1) is 29.7. The van der Waals surface area contributed by atoms with E-state index in [0.717, 1.165) is 51.6 Å². The van der Waals surface area contributed by atoms with Gasteiger partial charge in [0.25, 0.3) is 0 Å². The average molecular weight is 773 g/mol. The van der Waals surface area contributed by atoms with Gasteiger partial charge >= 0.3 is 0 Å². The number of allylic oxidation sites excluding steroid dienone is 8. The van der Waals surface area contributed by atoms with Gasteiger partial charge in [-0.2, -0.15) is 0 Å². The molecule has 0 aromatic heterocycles. The molecule has 0 amide bonds. The third kappa shape index (κ3) is 6.00. The van der Waals surface area contributed by atoms with Crippen LogP contribution in [-0.4, -0.2) is 13.1 Å². The van der Waals surface area contributed by atoms with Crippen molar-refractivity contribution >= 4 is 71.3 Å². The Morgan fingerprint density at radius 1 is 0.417 bits per heavy atom. The molecule has 0 fully saturated rings. The first-order valence-electron chi connectivity index (χ1n) is 22.2. The van der Waals surface area contributed by atoms with Crippen LogP contribution < -0.4 is 9.80 Å². The van der Waals surface area contributed by atoms with E-state index in [2.05, 4.69) is 180 Å². The molecule has 12 rings (SSSR count). The minimum Gasteiger partial charge on any atom is -0.345 e. The van der Waals surface area contributed by atoms with Crippen LogP contribution in [0.25, 0.3) is 65.4 Å². The Labute approximate surface area is 353 Å². The monoisotopic (exact) mass is 772 g/mol. The zero-order chi connectivity index (χ0) is 39.6. The predicted octanol–water partition coefficient (Wildman–Crippen LogP) is 15.5. The van der Waals surface area contributed by atoms with Crippen LogP contribution >= 0.6 is 0 Å². The lowest BCUT2D eigenvalue weighted by molar-refractivity contribution is 0.692. The van der Waals surface area contributed by atoms with Gasteiger partial charge in [-0.25, -0.2) is 0 Å². The topological polar surface area (TPSA) is 6.48 Å². The molecule has 4 aliphatic rings. The van der Waals surface area contributed by atoms with Crippen LogP contribution in [-0.2, 0) is 6.42 Å². The number of fused-ring (bicyclic) bond motifs is 5. The molecule has 2 nitrogen and oxygen atoms in total. The number of hydrogen-bond donors (Lipinski definition) is 0. The Kier molecular flexibility index (Phi) is 8.58. The third-order valence-electron chi connectivity index (χ3n) is 13.8. The second kappa shape index (κ2) is 14.6. The highest BCUT2D eigenvalue weighted by molar-refractivity contribution is 6.20. The van der Waals surface area contributed by atoms with Crippen LogP contribution in [0.1, 0.15) is 61.6 Å². The first kappa shape index (κ1) is 35.3. The van der Waals surface area contributed by atoms with Gasteiger partial charge in [-0.3, -0.25) is 0 Å². The summed E-state index contributed by atoms with van der Waals surface area (Å²) in [5.41, 5.74) is 16.6. The molecule has 2 heterocycles. The SMILES string of the molecule is C1=CC2=C(CC1)N(c1ccc3c(-c4ccc5ccccc5c4)c4cc(N5CCCc6ccccc65)ccc4c(C4=CC=C(c5ccc6ccccc6c5)CC4)c3c1)CCC2. The Bertz CT molecular complexity index is 3170. The van der Waals surface area contributed by atoms with Crippen molar-refractivity contribution in [3.8, 4) is 11.1 Å². The van der Waals surface area contributed by atoms with Gasteiger partial charge in [0, 0.05) is 35.8 Å². The van der Waals surface area contributed by atoms with Gasteiger partial charge < -0.3 is 9.80 Å². The van der Waals surface area contributed by atoms with E-state index in [4.69, 9.17) is 0 Å². The summed E-state index contributed by atoms with van der Waals surface area (Å²) in [5, 5.41) is 10.5. The van der Waals surface area contributed by atoms with Crippen LogP contribution in [0.15, 0.2) is 181 Å². The average Bonchev–Trinajstić information content (AvgIpc) is 3.32. The lowest BCUT2D eigenvalue weighted by Crippen LogP contribution is -2.29. The molecule has 0 unspecified atom stereocenters. The predicted molar refractivity (Wildman–Crippen MR) is 257 cm³/mol. The lowest BCUT2D eigenvalue weighted by atomic mass is 9.81. The van der Waals surface area contributed by atoms with E-state index < -0.39 is 0 Å². The van der Waals surface area contributed by atoms with Gasteiger partial charge in [-0.15, -0.1) is 0 Å². The summed E-state index contributed by atoms with van der Waals surface area (Å²) in [6.45, 7) is 2.09. The second-order valence-electron chi connectivity index (χ2n) is 17.3. The van der Waals surface area contributed by atoms with Gasteiger partial charge in [0.15, 0.2) is 0 Å². The third-order valence-corrected chi connectivity index (χ3v) is 13.8. The molecule has 0 bridgehead atoms. The molecule has 0 saturated carbocycles. The number of rotatable bonds is 5. The summed E-state index contributed by atoms with van der Waals surface area (Å²) < 4.78 is 0. The quantitative estimate of drug-likeness (QED) is 0.161. The van der Waals surface area contributed by atoms with Crippen molar-refractivity contribution in [1.82, 2.24) is 0 Å². The molecule has 0 radical (unpaired) electrons. The Morgan fingerprint density at radius 2 is 1.03 bits per heavy atom. The Balaban J connectivity index is 1.11. The zero-order valence-corrected chi connectivity index (χ0v) is 34.1. The molecule has 0 spiro atoms.